The molecule has 164 valence electrons. The topological polar surface area (TPSA) is 111 Å². The number of nitro groups is 1. The maximum absolute atomic E-state index is 12.9. The molecule has 3 N–H and O–H groups in total. The molecule has 2 fully saturated rings. The lowest BCUT2D eigenvalue weighted by molar-refractivity contribution is -0.383. The Hall–Kier alpha value is -2.61. The monoisotopic (exact) mass is 416 g/mol. The number of nitrogens with one attached hydrogen (secondary N) is 1. The van der Waals surface area contributed by atoms with Crippen LogP contribution in [0.15, 0.2) is 24.8 Å². The molecule has 1 amide bonds. The second-order valence-corrected chi connectivity index (χ2v) is 8.32. The van der Waals surface area contributed by atoms with Crippen LogP contribution in [0.5, 0.6) is 5.75 Å². The summed E-state index contributed by atoms with van der Waals surface area (Å²) >= 11 is 0. The molecular weight excluding hydrogens is 384 g/mol. The SMILES string of the molecule is C=CCOc1cc(N)c([N+](=O)[O-])cc1C(=O)NC1CCN(CC2CCCCC2)CC1. The molecule has 2 aliphatic rings. The predicted molar refractivity (Wildman–Crippen MR) is 117 cm³/mol. The third-order valence-corrected chi connectivity index (χ3v) is 6.09. The molecule has 0 radical (unpaired) electrons. The molecular formula is C22H32N4O4. The number of nitro benzene ring substituents is 1. The summed E-state index contributed by atoms with van der Waals surface area (Å²) in [6, 6.07) is 2.58. The average molecular weight is 417 g/mol. The third-order valence-electron chi connectivity index (χ3n) is 6.09. The van der Waals surface area contributed by atoms with Crippen LogP contribution in [0.1, 0.15) is 55.3 Å². The molecule has 1 aliphatic heterocycles. The standard InChI is InChI=1S/C22H32N4O4/c1-2-12-30-21-14-19(23)20(26(28)29)13-18(21)22(27)24-17-8-10-25(11-9-17)15-16-6-4-3-5-7-16/h2,13-14,16-17H,1,3-12,15,23H2,(H,24,27). The molecule has 0 bridgehead atoms. The van der Waals surface area contributed by atoms with Crippen molar-refractivity contribution < 1.29 is 14.5 Å². The second kappa shape index (κ2) is 10.4. The van der Waals surface area contributed by atoms with E-state index in [1.54, 1.807) is 6.08 Å². The first-order chi connectivity index (χ1) is 14.5. The first-order valence-corrected chi connectivity index (χ1v) is 10.8. The summed E-state index contributed by atoms with van der Waals surface area (Å²) in [5.74, 6) is 0.665. The number of piperidine rings is 1. The van der Waals surface area contributed by atoms with E-state index in [0.717, 1.165) is 38.4 Å². The minimum Gasteiger partial charge on any atom is -0.489 e. The average Bonchev–Trinajstić information content (AvgIpc) is 2.74. The fourth-order valence-electron chi connectivity index (χ4n) is 4.45. The molecule has 0 atom stereocenters. The van der Waals surface area contributed by atoms with E-state index >= 15 is 0 Å². The molecule has 1 aromatic rings. The van der Waals surface area contributed by atoms with Gasteiger partial charge in [-0.2, -0.15) is 0 Å². The van der Waals surface area contributed by atoms with Gasteiger partial charge in [-0.05, 0) is 31.6 Å². The first kappa shape index (κ1) is 22.1. The summed E-state index contributed by atoms with van der Waals surface area (Å²) in [6.07, 6.45) is 10.0. The number of amides is 1. The van der Waals surface area contributed by atoms with E-state index in [-0.39, 0.29) is 41.2 Å². The highest BCUT2D eigenvalue weighted by molar-refractivity contribution is 5.98. The van der Waals surface area contributed by atoms with Gasteiger partial charge in [-0.1, -0.05) is 31.9 Å². The zero-order valence-corrected chi connectivity index (χ0v) is 17.5. The van der Waals surface area contributed by atoms with Crippen LogP contribution >= 0.6 is 0 Å². The molecule has 8 heteroatoms. The number of carbonyl (C=O) groups excluding carboxylic acids is 1. The fraction of sp³-hybridized carbons (Fsp3) is 0.591. The van der Waals surface area contributed by atoms with Gasteiger partial charge in [0.2, 0.25) is 0 Å². The van der Waals surface area contributed by atoms with Crippen molar-refractivity contribution >= 4 is 17.3 Å². The van der Waals surface area contributed by atoms with Crippen molar-refractivity contribution in [3.63, 3.8) is 0 Å². The smallest absolute Gasteiger partial charge is 0.293 e. The van der Waals surface area contributed by atoms with Gasteiger partial charge in [0, 0.05) is 37.8 Å². The Morgan fingerprint density at radius 3 is 2.60 bits per heavy atom. The van der Waals surface area contributed by atoms with E-state index in [1.165, 1.54) is 44.2 Å². The summed E-state index contributed by atoms with van der Waals surface area (Å²) in [5.41, 5.74) is 5.55. The van der Waals surface area contributed by atoms with Crippen molar-refractivity contribution in [2.45, 2.75) is 51.0 Å². The molecule has 3 rings (SSSR count). The number of nitrogen functional groups attached to an aromatic ring is 1. The molecule has 0 unspecified atom stereocenters. The molecule has 0 spiro atoms. The van der Waals surface area contributed by atoms with Gasteiger partial charge in [-0.15, -0.1) is 0 Å². The van der Waals surface area contributed by atoms with Gasteiger partial charge in [0.25, 0.3) is 11.6 Å². The highest BCUT2D eigenvalue weighted by Crippen LogP contribution is 2.31. The van der Waals surface area contributed by atoms with Crippen molar-refractivity contribution in [3.05, 3.63) is 40.5 Å². The van der Waals surface area contributed by atoms with E-state index < -0.39 is 4.92 Å². The van der Waals surface area contributed by atoms with Crippen molar-refractivity contribution in [1.82, 2.24) is 10.2 Å². The van der Waals surface area contributed by atoms with Crippen LogP contribution in [0.4, 0.5) is 11.4 Å². The number of hydrogen-bond donors (Lipinski definition) is 2. The van der Waals surface area contributed by atoms with Gasteiger partial charge in [-0.25, -0.2) is 0 Å². The highest BCUT2D eigenvalue weighted by atomic mass is 16.6. The van der Waals surface area contributed by atoms with Gasteiger partial charge >= 0.3 is 0 Å². The summed E-state index contributed by atoms with van der Waals surface area (Å²) in [4.78, 5) is 26.0. The lowest BCUT2D eigenvalue weighted by atomic mass is 9.88. The van der Waals surface area contributed by atoms with E-state index in [1.807, 2.05) is 0 Å². The normalized spacial score (nSPS) is 18.7. The number of carbonyl (C=O) groups is 1. The lowest BCUT2D eigenvalue weighted by Gasteiger charge is -2.35. The lowest BCUT2D eigenvalue weighted by Crippen LogP contribution is -2.46. The van der Waals surface area contributed by atoms with Crippen LogP contribution in [0.25, 0.3) is 0 Å². The Bertz CT molecular complexity index is 769. The highest BCUT2D eigenvalue weighted by Gasteiger charge is 2.26. The summed E-state index contributed by atoms with van der Waals surface area (Å²) in [7, 11) is 0. The van der Waals surface area contributed by atoms with Crippen LogP contribution in [0, 0.1) is 16.0 Å². The Morgan fingerprint density at radius 1 is 1.27 bits per heavy atom. The Kier molecular flexibility index (Phi) is 7.68. The minimum atomic E-state index is -0.590. The van der Waals surface area contributed by atoms with E-state index in [2.05, 4.69) is 16.8 Å². The number of ether oxygens (including phenoxy) is 1. The first-order valence-electron chi connectivity index (χ1n) is 10.8. The minimum absolute atomic E-state index is 0.0355. The summed E-state index contributed by atoms with van der Waals surface area (Å²) < 4.78 is 5.52. The Labute approximate surface area is 177 Å². The zero-order chi connectivity index (χ0) is 21.5. The van der Waals surface area contributed by atoms with Crippen LogP contribution in [0.3, 0.4) is 0 Å². The van der Waals surface area contributed by atoms with Crippen molar-refractivity contribution in [3.8, 4) is 5.75 Å². The number of hydrogen-bond acceptors (Lipinski definition) is 6. The van der Waals surface area contributed by atoms with Crippen molar-refractivity contribution in [2.75, 3.05) is 32.0 Å². The maximum Gasteiger partial charge on any atom is 0.293 e. The Morgan fingerprint density at radius 2 is 1.97 bits per heavy atom. The van der Waals surface area contributed by atoms with Crippen LogP contribution in [0.2, 0.25) is 0 Å². The second-order valence-electron chi connectivity index (χ2n) is 8.32. The molecule has 30 heavy (non-hydrogen) atoms. The van der Waals surface area contributed by atoms with E-state index in [0.29, 0.717) is 0 Å². The van der Waals surface area contributed by atoms with Gasteiger partial charge < -0.3 is 20.7 Å². The molecule has 1 aliphatic carbocycles. The number of rotatable bonds is 8. The van der Waals surface area contributed by atoms with Crippen LogP contribution in [-0.4, -0.2) is 48.0 Å². The Balaban J connectivity index is 1.60. The summed E-state index contributed by atoms with van der Waals surface area (Å²) in [6.45, 7) is 6.85. The quantitative estimate of drug-likeness (QED) is 0.290. The van der Waals surface area contributed by atoms with E-state index in [4.69, 9.17) is 10.5 Å². The zero-order valence-electron chi connectivity index (χ0n) is 17.5. The van der Waals surface area contributed by atoms with Crippen LogP contribution < -0.4 is 15.8 Å². The van der Waals surface area contributed by atoms with Gasteiger partial charge in [0.1, 0.15) is 18.0 Å². The van der Waals surface area contributed by atoms with Gasteiger partial charge in [0.05, 0.1) is 10.5 Å². The third kappa shape index (κ3) is 5.72. The molecule has 8 nitrogen and oxygen atoms in total. The van der Waals surface area contributed by atoms with Crippen LogP contribution in [-0.2, 0) is 0 Å². The maximum atomic E-state index is 12.9. The number of nitrogens with two attached hydrogens (primary N) is 1. The molecule has 1 saturated carbocycles. The number of likely N-dealkylation sites (tertiary alicyclic amines) is 1. The summed E-state index contributed by atoms with van der Waals surface area (Å²) in [5, 5.41) is 14.3. The largest absolute Gasteiger partial charge is 0.489 e. The van der Waals surface area contributed by atoms with E-state index in [9.17, 15) is 14.9 Å². The molecule has 1 saturated heterocycles. The molecule has 1 heterocycles. The molecule has 0 aromatic heterocycles. The van der Waals surface area contributed by atoms with Crippen molar-refractivity contribution in [1.29, 1.82) is 0 Å². The number of nitrogens with zero attached hydrogens (tertiary/aromatic N) is 2. The van der Waals surface area contributed by atoms with Crippen molar-refractivity contribution in [2.24, 2.45) is 5.92 Å². The van der Waals surface area contributed by atoms with Gasteiger partial charge in [0.15, 0.2) is 0 Å². The predicted octanol–water partition coefficient (Wildman–Crippen LogP) is 3.52. The van der Waals surface area contributed by atoms with Gasteiger partial charge in [-0.3, -0.25) is 14.9 Å². The number of anilines is 1. The number of benzene rings is 1. The fourth-order valence-corrected chi connectivity index (χ4v) is 4.45. The molecule has 1 aromatic carbocycles.